The number of carbonyl (C=O) groups excluding carboxylic acids is 2. The Kier molecular flexibility index (Phi) is 4.67. The number of rotatable bonds is 3. The second-order valence-electron chi connectivity index (χ2n) is 4.72. The number of benzene rings is 1. The van der Waals surface area contributed by atoms with Gasteiger partial charge in [-0.15, -0.1) is 0 Å². The van der Waals surface area contributed by atoms with Crippen LogP contribution in [0.3, 0.4) is 0 Å². The highest BCUT2D eigenvalue weighted by Gasteiger charge is 2.34. The van der Waals surface area contributed by atoms with Crippen molar-refractivity contribution in [3.63, 3.8) is 0 Å². The highest BCUT2D eigenvalue weighted by molar-refractivity contribution is 9.10. The molecule has 5 nitrogen and oxygen atoms in total. The van der Waals surface area contributed by atoms with E-state index in [0.717, 1.165) is 10.0 Å². The first-order valence-corrected chi connectivity index (χ1v) is 7.42. The molecule has 2 amide bonds. The summed E-state index contributed by atoms with van der Waals surface area (Å²) in [5.74, 6) is -0.410. The normalized spacial score (nSPS) is 18.6. The number of urea groups is 1. The van der Waals surface area contributed by atoms with E-state index in [-0.39, 0.29) is 6.03 Å². The SMILES string of the molecule is CCOC(=O)C1=C(C)N(C)C(=O)N[C@@H]1c1cccc(Br)c1. The van der Waals surface area contributed by atoms with Crippen molar-refractivity contribution in [1.29, 1.82) is 0 Å². The van der Waals surface area contributed by atoms with Crippen molar-refractivity contribution in [2.75, 3.05) is 13.7 Å². The van der Waals surface area contributed by atoms with Gasteiger partial charge in [0, 0.05) is 17.2 Å². The van der Waals surface area contributed by atoms with Gasteiger partial charge in [0.2, 0.25) is 0 Å². The fraction of sp³-hybridized carbons (Fsp3) is 0.333. The molecule has 0 spiro atoms. The van der Waals surface area contributed by atoms with Gasteiger partial charge in [-0.3, -0.25) is 0 Å². The third-order valence-corrected chi connectivity index (χ3v) is 3.92. The third-order valence-electron chi connectivity index (χ3n) is 3.43. The lowest BCUT2D eigenvalue weighted by Gasteiger charge is -2.33. The molecule has 0 aromatic heterocycles. The zero-order valence-corrected chi connectivity index (χ0v) is 13.7. The first kappa shape index (κ1) is 15.6. The molecule has 0 fully saturated rings. The summed E-state index contributed by atoms with van der Waals surface area (Å²) in [5, 5.41) is 2.84. The quantitative estimate of drug-likeness (QED) is 0.850. The molecule has 0 radical (unpaired) electrons. The van der Waals surface area contributed by atoms with Gasteiger partial charge in [-0.2, -0.15) is 0 Å². The van der Waals surface area contributed by atoms with Gasteiger partial charge in [0.05, 0.1) is 18.2 Å². The molecular formula is C15H17BrN2O3. The van der Waals surface area contributed by atoms with Crippen molar-refractivity contribution in [2.24, 2.45) is 0 Å². The van der Waals surface area contributed by atoms with Crippen LogP contribution in [0.1, 0.15) is 25.5 Å². The van der Waals surface area contributed by atoms with Gasteiger partial charge in [0.15, 0.2) is 0 Å². The van der Waals surface area contributed by atoms with Crippen LogP contribution in [0.4, 0.5) is 4.79 Å². The largest absolute Gasteiger partial charge is 0.463 e. The maximum Gasteiger partial charge on any atom is 0.338 e. The second kappa shape index (κ2) is 6.30. The summed E-state index contributed by atoms with van der Waals surface area (Å²) in [6, 6.07) is 6.75. The molecule has 1 aliphatic heterocycles. The van der Waals surface area contributed by atoms with Crippen molar-refractivity contribution < 1.29 is 14.3 Å². The predicted molar refractivity (Wildman–Crippen MR) is 82.5 cm³/mol. The summed E-state index contributed by atoms with van der Waals surface area (Å²) < 4.78 is 6.01. The smallest absolute Gasteiger partial charge is 0.338 e. The molecule has 0 aliphatic carbocycles. The van der Waals surface area contributed by atoms with Crippen LogP contribution in [-0.4, -0.2) is 30.6 Å². The van der Waals surface area contributed by atoms with E-state index in [9.17, 15) is 9.59 Å². The van der Waals surface area contributed by atoms with Crippen molar-refractivity contribution in [3.8, 4) is 0 Å². The topological polar surface area (TPSA) is 58.6 Å². The average Bonchev–Trinajstić information content (AvgIpc) is 2.44. The molecule has 1 aromatic rings. The van der Waals surface area contributed by atoms with E-state index in [1.54, 1.807) is 20.9 Å². The number of halogens is 1. The Morgan fingerprint density at radius 1 is 1.48 bits per heavy atom. The van der Waals surface area contributed by atoms with Crippen LogP contribution in [-0.2, 0) is 9.53 Å². The molecule has 1 aliphatic rings. The van der Waals surface area contributed by atoms with Crippen molar-refractivity contribution in [3.05, 3.63) is 45.6 Å². The molecule has 0 unspecified atom stereocenters. The number of amides is 2. The van der Waals surface area contributed by atoms with Crippen LogP contribution < -0.4 is 5.32 Å². The van der Waals surface area contributed by atoms with Gasteiger partial charge in [0.25, 0.3) is 0 Å². The van der Waals surface area contributed by atoms with E-state index >= 15 is 0 Å². The molecule has 1 heterocycles. The Labute approximate surface area is 132 Å². The second-order valence-corrected chi connectivity index (χ2v) is 5.63. The number of carbonyl (C=O) groups is 2. The molecular weight excluding hydrogens is 336 g/mol. The molecule has 1 atom stereocenters. The molecule has 0 saturated carbocycles. The maximum atomic E-state index is 12.3. The van der Waals surface area contributed by atoms with Gasteiger partial charge in [-0.1, -0.05) is 28.1 Å². The number of hydrogen-bond donors (Lipinski definition) is 1. The van der Waals surface area contributed by atoms with E-state index < -0.39 is 12.0 Å². The molecule has 2 rings (SSSR count). The summed E-state index contributed by atoms with van der Waals surface area (Å²) in [5.41, 5.74) is 1.88. The summed E-state index contributed by atoms with van der Waals surface area (Å²) in [7, 11) is 1.63. The minimum absolute atomic E-state index is 0.245. The fourth-order valence-electron chi connectivity index (χ4n) is 2.24. The summed E-state index contributed by atoms with van der Waals surface area (Å²) in [4.78, 5) is 25.7. The minimum Gasteiger partial charge on any atom is -0.463 e. The fourth-order valence-corrected chi connectivity index (χ4v) is 2.66. The predicted octanol–water partition coefficient (Wildman–Crippen LogP) is 2.98. The molecule has 6 heteroatoms. The number of ether oxygens (including phenoxy) is 1. The lowest BCUT2D eigenvalue weighted by atomic mass is 9.95. The van der Waals surface area contributed by atoms with Crippen LogP contribution in [0.2, 0.25) is 0 Å². The first-order valence-electron chi connectivity index (χ1n) is 6.63. The number of nitrogens with one attached hydrogen (secondary N) is 1. The van der Waals surface area contributed by atoms with Gasteiger partial charge in [-0.05, 0) is 31.5 Å². The molecule has 21 heavy (non-hydrogen) atoms. The first-order chi connectivity index (χ1) is 9.95. The number of allylic oxidation sites excluding steroid dienone is 1. The van der Waals surface area contributed by atoms with E-state index in [0.29, 0.717) is 17.9 Å². The lowest BCUT2D eigenvalue weighted by Crippen LogP contribution is -2.46. The van der Waals surface area contributed by atoms with Gasteiger partial charge in [-0.25, -0.2) is 9.59 Å². The van der Waals surface area contributed by atoms with Crippen LogP contribution in [0.15, 0.2) is 40.0 Å². The molecule has 0 bridgehead atoms. The van der Waals surface area contributed by atoms with Crippen molar-refractivity contribution in [2.45, 2.75) is 19.9 Å². The Bertz CT molecular complexity index is 613. The third kappa shape index (κ3) is 3.10. The van der Waals surface area contributed by atoms with Crippen molar-refractivity contribution >= 4 is 27.9 Å². The van der Waals surface area contributed by atoms with Gasteiger partial charge in [0.1, 0.15) is 0 Å². The average molecular weight is 353 g/mol. The Balaban J connectivity index is 2.51. The summed E-state index contributed by atoms with van der Waals surface area (Å²) in [6.07, 6.45) is 0. The van der Waals surface area contributed by atoms with Crippen LogP contribution in [0.5, 0.6) is 0 Å². The number of esters is 1. The number of hydrogen-bond acceptors (Lipinski definition) is 3. The molecule has 1 aromatic carbocycles. The van der Waals surface area contributed by atoms with Crippen LogP contribution in [0, 0.1) is 0 Å². The molecule has 112 valence electrons. The Morgan fingerprint density at radius 3 is 2.81 bits per heavy atom. The maximum absolute atomic E-state index is 12.3. The van der Waals surface area contributed by atoms with Crippen LogP contribution in [0.25, 0.3) is 0 Å². The summed E-state index contributed by atoms with van der Waals surface area (Å²) in [6.45, 7) is 3.79. The van der Waals surface area contributed by atoms with E-state index in [1.165, 1.54) is 4.90 Å². The minimum atomic E-state index is -0.509. The monoisotopic (exact) mass is 352 g/mol. The summed E-state index contributed by atoms with van der Waals surface area (Å²) >= 11 is 3.40. The Morgan fingerprint density at radius 2 is 2.19 bits per heavy atom. The van der Waals surface area contributed by atoms with Gasteiger partial charge >= 0.3 is 12.0 Å². The zero-order valence-electron chi connectivity index (χ0n) is 12.1. The van der Waals surface area contributed by atoms with Gasteiger partial charge < -0.3 is 15.0 Å². The van der Waals surface area contributed by atoms with Crippen molar-refractivity contribution in [1.82, 2.24) is 10.2 Å². The molecule has 0 saturated heterocycles. The zero-order chi connectivity index (χ0) is 15.6. The highest BCUT2D eigenvalue weighted by atomic mass is 79.9. The lowest BCUT2D eigenvalue weighted by molar-refractivity contribution is -0.139. The standard InChI is InChI=1S/C15H17BrN2O3/c1-4-21-14(19)12-9(2)18(3)15(20)17-13(12)10-6-5-7-11(16)8-10/h5-8,13H,4H2,1-3H3,(H,17,20)/t13-/m1/s1. The number of nitrogens with zero attached hydrogens (tertiary/aromatic N) is 1. The molecule has 1 N–H and O–H groups in total. The van der Waals surface area contributed by atoms with E-state index in [4.69, 9.17) is 4.74 Å². The van der Waals surface area contributed by atoms with E-state index in [1.807, 2.05) is 24.3 Å². The van der Waals surface area contributed by atoms with E-state index in [2.05, 4.69) is 21.2 Å². The highest BCUT2D eigenvalue weighted by Crippen LogP contribution is 2.31. The van der Waals surface area contributed by atoms with Crippen LogP contribution >= 0.6 is 15.9 Å². The Hall–Kier alpha value is -1.82.